The molecule has 1 aliphatic heterocycles. The zero-order valence-electron chi connectivity index (χ0n) is 11.8. The van der Waals surface area contributed by atoms with E-state index in [-0.39, 0.29) is 24.2 Å². The number of likely N-dealkylation sites (tertiary alicyclic amines) is 1. The number of hydrogen-bond donors (Lipinski definition) is 1. The van der Waals surface area contributed by atoms with Gasteiger partial charge in [0.2, 0.25) is 11.8 Å². The van der Waals surface area contributed by atoms with Gasteiger partial charge in [0.1, 0.15) is 0 Å². The third kappa shape index (κ3) is 3.58. The van der Waals surface area contributed by atoms with Crippen LogP contribution in [0.25, 0.3) is 0 Å². The van der Waals surface area contributed by atoms with Gasteiger partial charge in [0, 0.05) is 29.6 Å². The Kier molecular flexibility index (Phi) is 4.33. The van der Waals surface area contributed by atoms with Gasteiger partial charge in [-0.1, -0.05) is 17.8 Å². The molecule has 1 aromatic carbocycles. The smallest absolute Gasteiger partial charge is 0.288 e. The molecule has 2 aliphatic rings. The highest BCUT2D eigenvalue weighted by Crippen LogP contribution is 2.33. The fraction of sp³-hybridized carbons (Fsp3) is 0.467. The highest BCUT2D eigenvalue weighted by Gasteiger charge is 2.41. The van der Waals surface area contributed by atoms with Crippen LogP contribution < -0.4 is 5.32 Å². The zero-order valence-corrected chi connectivity index (χ0v) is 12.6. The Morgan fingerprint density at radius 1 is 1.36 bits per heavy atom. The van der Waals surface area contributed by atoms with Gasteiger partial charge in [-0.2, -0.15) is 8.78 Å². The first kappa shape index (κ1) is 15.3. The van der Waals surface area contributed by atoms with Crippen molar-refractivity contribution in [2.45, 2.75) is 36.0 Å². The summed E-state index contributed by atoms with van der Waals surface area (Å²) in [4.78, 5) is 26.3. The first-order chi connectivity index (χ1) is 10.5. The molecular formula is C15H16F2N2O2S. The van der Waals surface area contributed by atoms with Crippen LogP contribution in [-0.4, -0.2) is 35.1 Å². The van der Waals surface area contributed by atoms with Crippen molar-refractivity contribution in [3.05, 3.63) is 24.3 Å². The van der Waals surface area contributed by atoms with E-state index in [0.29, 0.717) is 34.9 Å². The molecular weight excluding hydrogens is 310 g/mol. The summed E-state index contributed by atoms with van der Waals surface area (Å²) in [6, 6.07) is 6.68. The van der Waals surface area contributed by atoms with Gasteiger partial charge in [-0.05, 0) is 31.0 Å². The summed E-state index contributed by atoms with van der Waals surface area (Å²) in [7, 11) is 0. The van der Waals surface area contributed by atoms with E-state index in [1.165, 1.54) is 6.07 Å². The maximum Gasteiger partial charge on any atom is 0.288 e. The summed E-state index contributed by atoms with van der Waals surface area (Å²) in [5, 5.41) is 2.72. The Balaban J connectivity index is 1.61. The molecule has 0 spiro atoms. The Labute approximate surface area is 131 Å². The fourth-order valence-corrected chi connectivity index (χ4v) is 3.20. The third-order valence-corrected chi connectivity index (χ3v) is 4.55. The zero-order chi connectivity index (χ0) is 15.7. The molecule has 1 saturated carbocycles. The van der Waals surface area contributed by atoms with E-state index in [9.17, 15) is 18.4 Å². The minimum absolute atomic E-state index is 0.0321. The Hall–Kier alpha value is -1.63. The molecule has 118 valence electrons. The summed E-state index contributed by atoms with van der Waals surface area (Å²) in [6.45, 7) is 0.459. The van der Waals surface area contributed by atoms with E-state index in [2.05, 4.69) is 5.32 Å². The SMILES string of the molecule is O=C(Nc1cccc(SC(F)F)c1)C1CC(=O)N(C2CC2)C1. The molecule has 1 atom stereocenters. The average Bonchev–Trinajstić information content (AvgIpc) is 3.21. The second-order valence-corrected chi connectivity index (χ2v) is 6.64. The predicted molar refractivity (Wildman–Crippen MR) is 79.8 cm³/mol. The molecule has 2 amide bonds. The van der Waals surface area contributed by atoms with Crippen molar-refractivity contribution in [2.75, 3.05) is 11.9 Å². The molecule has 0 bridgehead atoms. The molecule has 0 radical (unpaired) electrons. The number of nitrogens with zero attached hydrogens (tertiary/aromatic N) is 1. The van der Waals surface area contributed by atoms with Gasteiger partial charge in [-0.3, -0.25) is 9.59 Å². The summed E-state index contributed by atoms with van der Waals surface area (Å²) in [5.74, 6) is -3.05. The lowest BCUT2D eigenvalue weighted by molar-refractivity contribution is -0.128. The number of thioether (sulfide) groups is 1. The number of alkyl halides is 2. The maximum atomic E-state index is 12.4. The number of hydrogen-bond acceptors (Lipinski definition) is 3. The molecule has 1 N–H and O–H groups in total. The normalized spacial score (nSPS) is 21.5. The number of carbonyl (C=O) groups excluding carboxylic acids is 2. The molecule has 2 fully saturated rings. The largest absolute Gasteiger partial charge is 0.339 e. The number of anilines is 1. The van der Waals surface area contributed by atoms with Gasteiger partial charge in [0.15, 0.2) is 0 Å². The Morgan fingerprint density at radius 2 is 2.14 bits per heavy atom. The van der Waals surface area contributed by atoms with Crippen LogP contribution in [0.1, 0.15) is 19.3 Å². The highest BCUT2D eigenvalue weighted by atomic mass is 32.2. The molecule has 1 saturated heterocycles. The second kappa shape index (κ2) is 6.24. The van der Waals surface area contributed by atoms with Crippen LogP contribution in [0.3, 0.4) is 0 Å². The van der Waals surface area contributed by atoms with Gasteiger partial charge >= 0.3 is 0 Å². The number of halogens is 2. The number of benzene rings is 1. The molecule has 7 heteroatoms. The van der Waals surface area contributed by atoms with E-state index in [1.807, 2.05) is 0 Å². The monoisotopic (exact) mass is 326 g/mol. The molecule has 4 nitrogen and oxygen atoms in total. The molecule has 0 aromatic heterocycles. The Morgan fingerprint density at radius 3 is 2.82 bits per heavy atom. The van der Waals surface area contributed by atoms with Gasteiger partial charge in [0.25, 0.3) is 5.76 Å². The van der Waals surface area contributed by atoms with Crippen molar-refractivity contribution in [1.29, 1.82) is 0 Å². The highest BCUT2D eigenvalue weighted by molar-refractivity contribution is 7.99. The van der Waals surface area contributed by atoms with E-state index in [0.717, 1.165) is 12.8 Å². The topological polar surface area (TPSA) is 49.4 Å². The molecule has 3 rings (SSSR count). The summed E-state index contributed by atoms with van der Waals surface area (Å²) in [5.41, 5.74) is 0.480. The van der Waals surface area contributed by atoms with Crippen LogP contribution in [0.4, 0.5) is 14.5 Å². The number of carbonyl (C=O) groups is 2. The second-order valence-electron chi connectivity index (χ2n) is 5.57. The lowest BCUT2D eigenvalue weighted by atomic mass is 10.1. The van der Waals surface area contributed by atoms with Crippen molar-refractivity contribution < 1.29 is 18.4 Å². The third-order valence-electron chi connectivity index (χ3n) is 3.84. The van der Waals surface area contributed by atoms with Gasteiger partial charge in [0.05, 0.1) is 5.92 Å². The summed E-state index contributed by atoms with van der Waals surface area (Å²) >= 11 is 0.438. The van der Waals surface area contributed by atoms with Gasteiger partial charge < -0.3 is 10.2 Å². The number of nitrogens with one attached hydrogen (secondary N) is 1. The van der Waals surface area contributed by atoms with Crippen LogP contribution in [0, 0.1) is 5.92 Å². The van der Waals surface area contributed by atoms with Crippen LogP contribution in [-0.2, 0) is 9.59 Å². The van der Waals surface area contributed by atoms with E-state index in [4.69, 9.17) is 0 Å². The van der Waals surface area contributed by atoms with Gasteiger partial charge in [-0.15, -0.1) is 0 Å². The van der Waals surface area contributed by atoms with Crippen molar-refractivity contribution >= 4 is 29.3 Å². The van der Waals surface area contributed by atoms with E-state index >= 15 is 0 Å². The lowest BCUT2D eigenvalue weighted by Crippen LogP contribution is -2.29. The van der Waals surface area contributed by atoms with Crippen LogP contribution in [0.2, 0.25) is 0 Å². The predicted octanol–water partition coefficient (Wildman–Crippen LogP) is 2.95. The first-order valence-electron chi connectivity index (χ1n) is 7.18. The number of rotatable bonds is 5. The minimum atomic E-state index is -2.49. The Bertz CT molecular complexity index is 593. The average molecular weight is 326 g/mol. The van der Waals surface area contributed by atoms with Crippen molar-refractivity contribution in [3.8, 4) is 0 Å². The maximum absolute atomic E-state index is 12.4. The molecule has 1 heterocycles. The molecule has 1 unspecified atom stereocenters. The van der Waals surface area contributed by atoms with Crippen LogP contribution in [0.15, 0.2) is 29.2 Å². The van der Waals surface area contributed by atoms with Crippen LogP contribution in [0.5, 0.6) is 0 Å². The van der Waals surface area contributed by atoms with Gasteiger partial charge in [-0.25, -0.2) is 0 Å². The van der Waals surface area contributed by atoms with E-state index in [1.54, 1.807) is 23.1 Å². The lowest BCUT2D eigenvalue weighted by Gasteiger charge is -2.15. The summed E-state index contributed by atoms with van der Waals surface area (Å²) < 4.78 is 24.7. The first-order valence-corrected chi connectivity index (χ1v) is 8.06. The summed E-state index contributed by atoms with van der Waals surface area (Å²) in [6.07, 6.45) is 2.27. The van der Waals surface area contributed by atoms with Crippen LogP contribution >= 0.6 is 11.8 Å². The number of amides is 2. The fourth-order valence-electron chi connectivity index (χ4n) is 2.64. The standard InChI is InChI=1S/C15H16F2N2O2S/c16-15(17)22-12-3-1-2-10(7-12)18-14(21)9-6-13(20)19(8-9)11-4-5-11/h1-3,7,9,11,15H,4-6,8H2,(H,18,21). The molecule has 1 aliphatic carbocycles. The van der Waals surface area contributed by atoms with Crippen molar-refractivity contribution in [2.24, 2.45) is 5.92 Å². The minimum Gasteiger partial charge on any atom is -0.339 e. The van der Waals surface area contributed by atoms with Crippen molar-refractivity contribution in [3.63, 3.8) is 0 Å². The molecule has 1 aromatic rings. The quantitative estimate of drug-likeness (QED) is 0.847. The molecule has 22 heavy (non-hydrogen) atoms. The van der Waals surface area contributed by atoms with E-state index < -0.39 is 5.76 Å². The van der Waals surface area contributed by atoms with Crippen molar-refractivity contribution in [1.82, 2.24) is 4.90 Å².